The van der Waals surface area contributed by atoms with Gasteiger partial charge in [-0.15, -0.1) is 0 Å². The Morgan fingerprint density at radius 2 is 1.90 bits per heavy atom. The Balaban J connectivity index is 1.49. The van der Waals surface area contributed by atoms with Crippen molar-refractivity contribution in [2.45, 2.75) is 57.8 Å². The minimum atomic E-state index is -0.858. The molecule has 206 valence electrons. The van der Waals surface area contributed by atoms with Crippen molar-refractivity contribution in [1.29, 1.82) is 0 Å². The highest BCUT2D eigenvalue weighted by molar-refractivity contribution is 5.91. The van der Waals surface area contributed by atoms with E-state index in [-0.39, 0.29) is 12.3 Å². The molecule has 39 heavy (non-hydrogen) atoms. The summed E-state index contributed by atoms with van der Waals surface area (Å²) in [4.78, 5) is 42.9. The number of nitrogen functional groups attached to an aromatic ring is 1. The van der Waals surface area contributed by atoms with Crippen LogP contribution in [0.3, 0.4) is 0 Å². The van der Waals surface area contributed by atoms with Gasteiger partial charge in [0, 0.05) is 31.1 Å². The van der Waals surface area contributed by atoms with Gasteiger partial charge in [-0.2, -0.15) is 0 Å². The summed E-state index contributed by atoms with van der Waals surface area (Å²) in [5, 5.41) is 7.66. The molecule has 2 aromatic carbocycles. The summed E-state index contributed by atoms with van der Waals surface area (Å²) in [5.74, 6) is 0.907. The molecule has 3 aromatic rings. The van der Waals surface area contributed by atoms with Crippen LogP contribution < -0.4 is 15.8 Å². The summed E-state index contributed by atoms with van der Waals surface area (Å²) in [6, 6.07) is 13.4. The molecule has 4 rings (SSSR count). The first-order valence-corrected chi connectivity index (χ1v) is 12.9. The zero-order valence-corrected chi connectivity index (χ0v) is 22.7. The van der Waals surface area contributed by atoms with Gasteiger partial charge < -0.3 is 25.3 Å². The lowest BCUT2D eigenvalue weighted by atomic mass is 10.0. The molecule has 2 atom stereocenters. The van der Waals surface area contributed by atoms with Crippen LogP contribution in [0, 0.1) is 0 Å². The molecule has 1 aromatic heterocycles. The van der Waals surface area contributed by atoms with Gasteiger partial charge in [-0.3, -0.25) is 4.79 Å². The second-order valence-electron chi connectivity index (χ2n) is 10.5. The zero-order chi connectivity index (χ0) is 28.2. The van der Waals surface area contributed by atoms with E-state index in [0.29, 0.717) is 31.1 Å². The van der Waals surface area contributed by atoms with Crippen molar-refractivity contribution in [1.82, 2.24) is 20.3 Å². The molecule has 0 aliphatic carbocycles. The number of aldehydes is 1. The van der Waals surface area contributed by atoms with Gasteiger partial charge >= 0.3 is 6.09 Å². The van der Waals surface area contributed by atoms with Gasteiger partial charge in [0.25, 0.3) is 0 Å². The molecule has 3 N–H and O–H groups in total. The number of hydrogen-bond acceptors (Lipinski definition) is 8. The molecule has 0 radical (unpaired) electrons. The average Bonchev–Trinajstić information content (AvgIpc) is 2.88. The van der Waals surface area contributed by atoms with Crippen molar-refractivity contribution in [3.05, 3.63) is 65.9 Å². The van der Waals surface area contributed by atoms with Gasteiger partial charge in [0.15, 0.2) is 0 Å². The van der Waals surface area contributed by atoms with E-state index in [1.807, 2.05) is 36.4 Å². The lowest BCUT2D eigenvalue weighted by molar-refractivity contribution is -0.161. The normalized spacial score (nSPS) is 16.2. The van der Waals surface area contributed by atoms with Crippen molar-refractivity contribution in [2.24, 2.45) is 0 Å². The zero-order valence-electron chi connectivity index (χ0n) is 22.7. The number of carbonyl (C=O) groups excluding carboxylic acids is 3. The van der Waals surface area contributed by atoms with E-state index in [0.717, 1.165) is 28.2 Å². The van der Waals surface area contributed by atoms with Crippen LogP contribution in [-0.4, -0.2) is 64.6 Å². The van der Waals surface area contributed by atoms with Gasteiger partial charge in [-0.25, -0.2) is 19.8 Å². The molecular formula is C29H35N5O5. The van der Waals surface area contributed by atoms with E-state index >= 15 is 0 Å². The Hall–Kier alpha value is -4.18. The van der Waals surface area contributed by atoms with Gasteiger partial charge in [-0.05, 0) is 68.0 Å². The van der Waals surface area contributed by atoms with Crippen molar-refractivity contribution >= 4 is 34.9 Å². The fourth-order valence-corrected chi connectivity index (χ4v) is 4.50. The maximum Gasteiger partial charge on any atom is 0.425 e. The lowest BCUT2D eigenvalue weighted by Gasteiger charge is -2.48. The van der Waals surface area contributed by atoms with Crippen LogP contribution in [0.5, 0.6) is 5.75 Å². The quantitative estimate of drug-likeness (QED) is 0.400. The fourth-order valence-electron chi connectivity index (χ4n) is 4.50. The number of hydrogen-bond donors (Lipinski definition) is 2. The molecule has 0 spiro atoms. The van der Waals surface area contributed by atoms with E-state index < -0.39 is 23.8 Å². The van der Waals surface area contributed by atoms with E-state index in [2.05, 4.69) is 10.3 Å². The number of carbonyl (C=O) groups is 3. The van der Waals surface area contributed by atoms with E-state index in [1.54, 1.807) is 51.2 Å². The molecule has 10 nitrogen and oxygen atoms in total. The van der Waals surface area contributed by atoms with Crippen molar-refractivity contribution in [3.8, 4) is 5.75 Å². The maximum atomic E-state index is 13.3. The third-order valence-corrected chi connectivity index (χ3v) is 6.55. The summed E-state index contributed by atoms with van der Waals surface area (Å²) >= 11 is 0. The van der Waals surface area contributed by atoms with Crippen molar-refractivity contribution in [3.63, 3.8) is 0 Å². The minimum absolute atomic E-state index is 0.238. The Morgan fingerprint density at radius 3 is 2.51 bits per heavy atom. The number of rotatable bonds is 9. The molecule has 0 bridgehead atoms. The number of amides is 2. The lowest BCUT2D eigenvalue weighted by Crippen LogP contribution is -2.67. The molecule has 1 fully saturated rings. The number of benzene rings is 2. The van der Waals surface area contributed by atoms with Crippen LogP contribution in [-0.2, 0) is 27.3 Å². The van der Waals surface area contributed by atoms with Crippen LogP contribution in [0.1, 0.15) is 38.3 Å². The number of anilines is 1. The van der Waals surface area contributed by atoms with Crippen LogP contribution in [0.4, 0.5) is 10.6 Å². The second kappa shape index (κ2) is 11.7. The first-order chi connectivity index (χ1) is 18.6. The van der Waals surface area contributed by atoms with Gasteiger partial charge in [0.05, 0.1) is 7.11 Å². The van der Waals surface area contributed by atoms with Gasteiger partial charge in [0.1, 0.15) is 35.5 Å². The Kier molecular flexibility index (Phi) is 8.35. The molecule has 2 heterocycles. The molecule has 10 heteroatoms. The van der Waals surface area contributed by atoms with Gasteiger partial charge in [-0.1, -0.05) is 24.3 Å². The highest BCUT2D eigenvalue weighted by atomic mass is 16.6. The third-order valence-electron chi connectivity index (χ3n) is 6.55. The monoisotopic (exact) mass is 533 g/mol. The van der Waals surface area contributed by atoms with Gasteiger partial charge in [0.2, 0.25) is 5.91 Å². The summed E-state index contributed by atoms with van der Waals surface area (Å²) in [6.07, 6.45) is 2.49. The number of aromatic nitrogens is 1. The highest BCUT2D eigenvalue weighted by Gasteiger charge is 2.44. The minimum Gasteiger partial charge on any atom is -0.497 e. The number of nitrogens with one attached hydrogen (secondary N) is 1. The molecule has 0 unspecified atom stereocenters. The first-order valence-electron chi connectivity index (χ1n) is 12.9. The Morgan fingerprint density at radius 1 is 1.18 bits per heavy atom. The van der Waals surface area contributed by atoms with Crippen LogP contribution in [0.2, 0.25) is 0 Å². The molecule has 1 aliphatic rings. The number of methoxy groups -OCH3 is 1. The molecule has 2 amide bonds. The number of nitrogens with zero attached hydrogens (tertiary/aromatic N) is 3. The second-order valence-corrected chi connectivity index (χ2v) is 10.5. The van der Waals surface area contributed by atoms with Crippen LogP contribution in [0.25, 0.3) is 10.8 Å². The predicted octanol–water partition coefficient (Wildman–Crippen LogP) is 3.48. The van der Waals surface area contributed by atoms with Crippen molar-refractivity contribution < 1.29 is 23.9 Å². The molecule has 0 saturated carbocycles. The SMILES string of the molecule is COc1ccc(C[C@H](C=O)N(C(=O)OC(C)(C)C)N2CC[C@H]2C(=O)NCc2ccc3c(N)nccc3c2)cc1. The Labute approximate surface area is 228 Å². The molecular weight excluding hydrogens is 498 g/mol. The summed E-state index contributed by atoms with van der Waals surface area (Å²) in [5.41, 5.74) is 6.91. The maximum absolute atomic E-state index is 13.3. The topological polar surface area (TPSA) is 127 Å². The number of pyridine rings is 1. The van der Waals surface area contributed by atoms with Crippen molar-refractivity contribution in [2.75, 3.05) is 19.4 Å². The van der Waals surface area contributed by atoms with E-state index in [1.165, 1.54) is 5.01 Å². The first kappa shape index (κ1) is 27.8. The van der Waals surface area contributed by atoms with E-state index in [4.69, 9.17) is 15.2 Å². The summed E-state index contributed by atoms with van der Waals surface area (Å²) < 4.78 is 10.9. The molecule has 1 saturated heterocycles. The average molecular weight is 534 g/mol. The standard InChI is InChI=1S/C29H35N5O5/c1-29(2,3)39-28(37)34(22(18-35)16-19-5-8-23(38-4)9-6-19)33-14-12-25(33)27(36)32-17-20-7-10-24-21(15-20)11-13-31-26(24)30/h5-11,13,15,18,22,25H,12,14,16-17H2,1-4H3,(H2,30,31)(H,32,36)/t22-,25+/m1/s1. The molecule has 1 aliphatic heterocycles. The van der Waals surface area contributed by atoms with Crippen LogP contribution in [0.15, 0.2) is 54.7 Å². The third kappa shape index (κ3) is 6.64. The Bertz CT molecular complexity index is 1340. The predicted molar refractivity (Wildman–Crippen MR) is 148 cm³/mol. The smallest absolute Gasteiger partial charge is 0.425 e. The number of fused-ring (bicyclic) bond motifs is 1. The number of ether oxygens (including phenoxy) is 2. The number of hydrazine groups is 1. The fraction of sp³-hybridized carbons (Fsp3) is 0.379. The van der Waals surface area contributed by atoms with Crippen LogP contribution >= 0.6 is 0 Å². The highest BCUT2D eigenvalue weighted by Crippen LogP contribution is 2.26. The van der Waals surface area contributed by atoms with E-state index in [9.17, 15) is 14.4 Å². The summed E-state index contributed by atoms with van der Waals surface area (Å²) in [6.45, 7) is 6.02. The largest absolute Gasteiger partial charge is 0.497 e. The number of nitrogens with two attached hydrogens (primary N) is 1. The summed E-state index contributed by atoms with van der Waals surface area (Å²) in [7, 11) is 1.58.